The van der Waals surface area contributed by atoms with Gasteiger partial charge in [0.1, 0.15) is 11.8 Å². The van der Waals surface area contributed by atoms with Gasteiger partial charge in [0.15, 0.2) is 18.1 Å². The van der Waals surface area contributed by atoms with E-state index in [4.69, 9.17) is 18.9 Å². The standard InChI is InChI=1S/C23H26N2O8S/c1-15(25-34(28,29)18-8-6-17(30-2)7-9-18)22(27)31-14-21(26)24-16-5-10-19-20(13-16)33-23(32-19)11-3-4-12-23/h5-10,13,15,25H,3-4,11-12,14H2,1-2H3,(H,24,26). The van der Waals surface area contributed by atoms with E-state index >= 15 is 0 Å². The summed E-state index contributed by atoms with van der Waals surface area (Å²) in [5.74, 6) is -0.384. The van der Waals surface area contributed by atoms with Gasteiger partial charge in [0.25, 0.3) is 11.7 Å². The van der Waals surface area contributed by atoms with Gasteiger partial charge in [-0.2, -0.15) is 4.72 Å². The van der Waals surface area contributed by atoms with Gasteiger partial charge in [-0.1, -0.05) is 0 Å². The summed E-state index contributed by atoms with van der Waals surface area (Å²) in [6, 6.07) is 9.54. The molecule has 11 heteroatoms. The fourth-order valence-corrected chi connectivity index (χ4v) is 5.04. The largest absolute Gasteiger partial charge is 0.497 e. The second-order valence-electron chi connectivity index (χ2n) is 8.16. The van der Waals surface area contributed by atoms with Gasteiger partial charge in [-0.15, -0.1) is 0 Å². The quantitative estimate of drug-likeness (QED) is 0.540. The first-order valence-electron chi connectivity index (χ1n) is 10.8. The number of benzene rings is 2. The molecular formula is C23H26N2O8S. The van der Waals surface area contributed by atoms with Crippen LogP contribution in [0.15, 0.2) is 47.4 Å². The molecule has 1 spiro atoms. The minimum Gasteiger partial charge on any atom is -0.497 e. The second-order valence-corrected chi connectivity index (χ2v) is 9.87. The topological polar surface area (TPSA) is 129 Å². The van der Waals surface area contributed by atoms with Crippen LogP contribution in [0.3, 0.4) is 0 Å². The minimum absolute atomic E-state index is 0.0344. The van der Waals surface area contributed by atoms with Gasteiger partial charge < -0.3 is 24.3 Å². The molecule has 1 unspecified atom stereocenters. The lowest BCUT2D eigenvalue weighted by molar-refractivity contribution is -0.148. The van der Waals surface area contributed by atoms with Crippen molar-refractivity contribution in [3.63, 3.8) is 0 Å². The molecule has 0 saturated heterocycles. The van der Waals surface area contributed by atoms with Crippen LogP contribution < -0.4 is 24.2 Å². The first-order valence-corrected chi connectivity index (χ1v) is 12.3. The smallest absolute Gasteiger partial charge is 0.324 e. The van der Waals surface area contributed by atoms with Crippen LogP contribution in [0.25, 0.3) is 0 Å². The number of ether oxygens (including phenoxy) is 4. The molecule has 1 saturated carbocycles. The maximum Gasteiger partial charge on any atom is 0.324 e. The number of sulfonamides is 1. The molecular weight excluding hydrogens is 464 g/mol. The van der Waals surface area contributed by atoms with Crippen molar-refractivity contribution in [2.45, 2.75) is 49.3 Å². The SMILES string of the molecule is COc1ccc(S(=O)(=O)NC(C)C(=O)OCC(=O)Nc2ccc3c(c2)OC2(CCCC2)O3)cc1. The molecule has 1 fully saturated rings. The number of rotatable bonds is 8. The third kappa shape index (κ3) is 5.26. The zero-order chi connectivity index (χ0) is 24.3. The number of amides is 1. The Morgan fingerprint density at radius 2 is 1.74 bits per heavy atom. The summed E-state index contributed by atoms with van der Waals surface area (Å²) in [6.45, 7) is 0.754. The number of anilines is 1. The van der Waals surface area contributed by atoms with Gasteiger partial charge >= 0.3 is 5.97 Å². The number of nitrogens with one attached hydrogen (secondary N) is 2. The van der Waals surface area contributed by atoms with Crippen molar-refractivity contribution in [1.82, 2.24) is 4.72 Å². The Balaban J connectivity index is 1.27. The van der Waals surface area contributed by atoms with Gasteiger partial charge in [0.2, 0.25) is 10.0 Å². The van der Waals surface area contributed by atoms with Crippen LogP contribution in [0.5, 0.6) is 17.2 Å². The third-order valence-electron chi connectivity index (χ3n) is 5.59. The lowest BCUT2D eigenvalue weighted by Crippen LogP contribution is -2.40. The number of carbonyl (C=O) groups excluding carboxylic acids is 2. The van der Waals surface area contributed by atoms with Gasteiger partial charge in [0, 0.05) is 24.6 Å². The van der Waals surface area contributed by atoms with E-state index in [9.17, 15) is 18.0 Å². The molecule has 2 aromatic carbocycles. The Labute approximate surface area is 197 Å². The number of hydrogen-bond acceptors (Lipinski definition) is 8. The summed E-state index contributed by atoms with van der Waals surface area (Å²) in [6.07, 6.45) is 3.72. The van der Waals surface area contributed by atoms with Crippen molar-refractivity contribution < 1.29 is 37.0 Å². The molecule has 182 valence electrons. The molecule has 2 N–H and O–H groups in total. The van der Waals surface area contributed by atoms with Crippen molar-refractivity contribution >= 4 is 27.6 Å². The van der Waals surface area contributed by atoms with Crippen molar-refractivity contribution in [3.8, 4) is 17.2 Å². The fraction of sp³-hybridized carbons (Fsp3) is 0.391. The molecule has 1 heterocycles. The summed E-state index contributed by atoms with van der Waals surface area (Å²) in [5.41, 5.74) is 0.465. The number of carbonyl (C=O) groups is 2. The molecule has 1 atom stereocenters. The minimum atomic E-state index is -3.96. The normalized spacial score (nSPS) is 16.8. The molecule has 34 heavy (non-hydrogen) atoms. The van der Waals surface area contributed by atoms with E-state index in [0.717, 1.165) is 25.7 Å². The van der Waals surface area contributed by atoms with Crippen LogP contribution in [-0.2, 0) is 24.3 Å². The zero-order valence-electron chi connectivity index (χ0n) is 18.8. The predicted molar refractivity (Wildman–Crippen MR) is 121 cm³/mol. The maximum absolute atomic E-state index is 12.5. The number of fused-ring (bicyclic) bond motifs is 1. The van der Waals surface area contributed by atoms with Crippen molar-refractivity contribution in [2.24, 2.45) is 0 Å². The summed E-state index contributed by atoms with van der Waals surface area (Å²) in [4.78, 5) is 24.4. The van der Waals surface area contributed by atoms with Crippen LogP contribution in [0.2, 0.25) is 0 Å². The van der Waals surface area contributed by atoms with E-state index in [1.54, 1.807) is 18.2 Å². The van der Waals surface area contributed by atoms with E-state index in [2.05, 4.69) is 10.0 Å². The molecule has 0 radical (unpaired) electrons. The van der Waals surface area contributed by atoms with Crippen LogP contribution in [0.4, 0.5) is 5.69 Å². The first kappa shape index (κ1) is 23.8. The lowest BCUT2D eigenvalue weighted by Gasteiger charge is -2.21. The highest BCUT2D eigenvalue weighted by molar-refractivity contribution is 7.89. The van der Waals surface area contributed by atoms with Gasteiger partial charge in [-0.05, 0) is 56.2 Å². The Bertz CT molecular complexity index is 1170. The first-order chi connectivity index (χ1) is 16.2. The molecule has 0 bridgehead atoms. The maximum atomic E-state index is 12.5. The Hall–Kier alpha value is -3.31. The molecule has 10 nitrogen and oxygen atoms in total. The van der Waals surface area contributed by atoms with Crippen LogP contribution >= 0.6 is 0 Å². The summed E-state index contributed by atoms with van der Waals surface area (Å²) in [5, 5.41) is 2.63. The Morgan fingerprint density at radius 1 is 1.06 bits per heavy atom. The van der Waals surface area contributed by atoms with E-state index in [0.29, 0.717) is 22.9 Å². The highest BCUT2D eigenvalue weighted by atomic mass is 32.2. The molecule has 1 aliphatic heterocycles. The van der Waals surface area contributed by atoms with Crippen molar-refractivity contribution in [1.29, 1.82) is 0 Å². The van der Waals surface area contributed by atoms with Gasteiger partial charge in [0.05, 0.1) is 12.0 Å². The number of methoxy groups -OCH3 is 1. The van der Waals surface area contributed by atoms with Crippen LogP contribution in [-0.4, -0.2) is 45.8 Å². The van der Waals surface area contributed by atoms with Crippen LogP contribution in [0.1, 0.15) is 32.6 Å². The zero-order valence-corrected chi connectivity index (χ0v) is 19.6. The molecule has 2 aliphatic rings. The van der Waals surface area contributed by atoms with Gasteiger partial charge in [-0.25, -0.2) is 8.42 Å². The summed E-state index contributed by atoms with van der Waals surface area (Å²) >= 11 is 0. The van der Waals surface area contributed by atoms with E-state index in [-0.39, 0.29) is 4.90 Å². The highest BCUT2D eigenvalue weighted by Gasteiger charge is 2.44. The lowest BCUT2D eigenvalue weighted by atomic mass is 10.2. The second kappa shape index (κ2) is 9.51. The summed E-state index contributed by atoms with van der Waals surface area (Å²) < 4.78 is 49.0. The van der Waals surface area contributed by atoms with Crippen molar-refractivity contribution in [2.75, 3.05) is 19.0 Å². The Morgan fingerprint density at radius 3 is 2.41 bits per heavy atom. The van der Waals surface area contributed by atoms with Crippen LogP contribution in [0, 0.1) is 0 Å². The highest BCUT2D eigenvalue weighted by Crippen LogP contribution is 2.47. The predicted octanol–water partition coefficient (Wildman–Crippen LogP) is 2.59. The average Bonchev–Trinajstić information content (AvgIpc) is 3.42. The average molecular weight is 491 g/mol. The van der Waals surface area contributed by atoms with Crippen molar-refractivity contribution in [3.05, 3.63) is 42.5 Å². The molecule has 1 aliphatic carbocycles. The van der Waals surface area contributed by atoms with Gasteiger partial charge in [-0.3, -0.25) is 9.59 Å². The van der Waals surface area contributed by atoms with E-state index < -0.39 is 40.3 Å². The van der Waals surface area contributed by atoms with E-state index in [1.807, 2.05) is 0 Å². The molecule has 2 aromatic rings. The third-order valence-corrected chi connectivity index (χ3v) is 7.14. The number of hydrogen-bond donors (Lipinski definition) is 2. The number of esters is 1. The molecule has 1 amide bonds. The van der Waals surface area contributed by atoms with E-state index in [1.165, 1.54) is 38.3 Å². The Kier molecular flexibility index (Phi) is 6.67. The fourth-order valence-electron chi connectivity index (χ4n) is 3.85. The monoisotopic (exact) mass is 490 g/mol. The summed E-state index contributed by atoms with van der Waals surface area (Å²) in [7, 11) is -2.50. The molecule has 4 rings (SSSR count). The molecule has 0 aromatic heterocycles.